The number of anilines is 1. The molecule has 1 heterocycles. The van der Waals surface area contributed by atoms with E-state index in [1.54, 1.807) is 25.3 Å². The van der Waals surface area contributed by atoms with E-state index in [1.165, 1.54) is 36.0 Å². The maximum atomic E-state index is 15.0. The predicted octanol–water partition coefficient (Wildman–Crippen LogP) is 6.70. The Morgan fingerprint density at radius 2 is 1.85 bits per heavy atom. The zero-order valence-corrected chi connectivity index (χ0v) is 23.3. The lowest BCUT2D eigenvalue weighted by atomic mass is 9.79. The zero-order valence-electron chi connectivity index (χ0n) is 23.3. The molecule has 2 aliphatic rings. The number of fused-ring (bicyclic) bond motifs is 1. The molecule has 1 atom stereocenters. The third kappa shape index (κ3) is 6.67. The number of nitrogens with zero attached hydrogens (tertiary/aromatic N) is 2. The lowest BCUT2D eigenvalue weighted by Gasteiger charge is -2.32. The molecule has 39 heavy (non-hydrogen) atoms. The molecule has 0 bridgehead atoms. The molecule has 6 heteroatoms. The van der Waals surface area contributed by atoms with Gasteiger partial charge in [-0.1, -0.05) is 24.6 Å². The molecule has 1 saturated heterocycles. The molecule has 3 aromatic carbocycles. The van der Waals surface area contributed by atoms with Gasteiger partial charge in [0.25, 0.3) is 0 Å². The standard InChI is InChI=1S/C33H41FN2O3/c1-3-36(23-24-7-14-33(31(34)19-24)39-18-17-35-15-5-4-6-16-35)32-22-29(38-2)12-13-30(32)27-9-8-26-21-28(37)11-10-25(26)20-27/h7,10-14,19,21-22,27,37H,3-6,8-9,15-18,20,23H2,1-2H3/t27-/m0/s1. The number of hydrogen-bond acceptors (Lipinski definition) is 5. The van der Waals surface area contributed by atoms with E-state index in [9.17, 15) is 5.11 Å². The molecule has 0 saturated carbocycles. The largest absolute Gasteiger partial charge is 0.508 e. The van der Waals surface area contributed by atoms with Gasteiger partial charge in [-0.15, -0.1) is 0 Å². The Kier molecular flexibility index (Phi) is 8.92. The first-order chi connectivity index (χ1) is 19.0. The van der Waals surface area contributed by atoms with Gasteiger partial charge < -0.3 is 19.5 Å². The number of benzene rings is 3. The van der Waals surface area contributed by atoms with Gasteiger partial charge in [-0.2, -0.15) is 0 Å². The third-order valence-corrected chi connectivity index (χ3v) is 8.30. The summed E-state index contributed by atoms with van der Waals surface area (Å²) < 4.78 is 26.4. The van der Waals surface area contributed by atoms with E-state index >= 15 is 4.39 Å². The second kappa shape index (κ2) is 12.7. The molecule has 0 amide bonds. The molecule has 208 valence electrons. The highest BCUT2D eigenvalue weighted by Gasteiger charge is 2.25. The summed E-state index contributed by atoms with van der Waals surface area (Å²) in [5.41, 5.74) is 5.87. The van der Waals surface area contributed by atoms with Crippen molar-refractivity contribution < 1.29 is 19.0 Å². The zero-order chi connectivity index (χ0) is 27.2. The Bertz CT molecular complexity index is 1260. The Morgan fingerprint density at radius 1 is 1.00 bits per heavy atom. The number of piperidine rings is 1. The van der Waals surface area contributed by atoms with Crippen LogP contribution in [0.25, 0.3) is 0 Å². The Labute approximate surface area is 232 Å². The normalized spacial score (nSPS) is 17.5. The smallest absolute Gasteiger partial charge is 0.165 e. The van der Waals surface area contributed by atoms with E-state index in [1.807, 2.05) is 18.2 Å². The molecular weight excluding hydrogens is 491 g/mol. The Morgan fingerprint density at radius 3 is 2.62 bits per heavy atom. The molecular formula is C33H41FN2O3. The Balaban J connectivity index is 1.30. The van der Waals surface area contributed by atoms with E-state index < -0.39 is 0 Å². The van der Waals surface area contributed by atoms with Crippen LogP contribution in [0.4, 0.5) is 10.1 Å². The number of aryl methyl sites for hydroxylation is 1. The average molecular weight is 533 g/mol. The fourth-order valence-corrected chi connectivity index (χ4v) is 6.09. The highest BCUT2D eigenvalue weighted by molar-refractivity contribution is 5.60. The van der Waals surface area contributed by atoms with Gasteiger partial charge in [0.15, 0.2) is 11.6 Å². The summed E-state index contributed by atoms with van der Waals surface area (Å²) in [6, 6.07) is 17.4. The summed E-state index contributed by atoms with van der Waals surface area (Å²) in [6.45, 7) is 7.09. The van der Waals surface area contributed by atoms with E-state index in [0.29, 0.717) is 30.6 Å². The van der Waals surface area contributed by atoms with Gasteiger partial charge in [0.05, 0.1) is 7.11 Å². The molecule has 5 rings (SSSR count). The number of phenolic OH excluding ortho intramolecular Hbond substituents is 1. The summed E-state index contributed by atoms with van der Waals surface area (Å²) in [5, 5.41) is 9.89. The highest BCUT2D eigenvalue weighted by atomic mass is 19.1. The summed E-state index contributed by atoms with van der Waals surface area (Å²) in [7, 11) is 1.69. The van der Waals surface area contributed by atoms with E-state index in [4.69, 9.17) is 9.47 Å². The van der Waals surface area contributed by atoms with Crippen molar-refractivity contribution >= 4 is 5.69 Å². The molecule has 5 nitrogen and oxygen atoms in total. The first-order valence-electron chi connectivity index (χ1n) is 14.4. The molecule has 1 fully saturated rings. The maximum absolute atomic E-state index is 15.0. The van der Waals surface area contributed by atoms with Crippen LogP contribution in [0.5, 0.6) is 17.2 Å². The van der Waals surface area contributed by atoms with Crippen molar-refractivity contribution in [3.05, 3.63) is 82.7 Å². The lowest BCUT2D eigenvalue weighted by molar-refractivity contribution is 0.180. The predicted molar refractivity (Wildman–Crippen MR) is 155 cm³/mol. The monoisotopic (exact) mass is 532 g/mol. The maximum Gasteiger partial charge on any atom is 0.165 e. The second-order valence-electron chi connectivity index (χ2n) is 10.8. The van der Waals surface area contributed by atoms with Gasteiger partial charge in [0.2, 0.25) is 0 Å². The summed E-state index contributed by atoms with van der Waals surface area (Å²) in [4.78, 5) is 4.70. The van der Waals surface area contributed by atoms with Gasteiger partial charge in [-0.3, -0.25) is 4.90 Å². The third-order valence-electron chi connectivity index (χ3n) is 8.30. The number of halogens is 1. The number of methoxy groups -OCH3 is 1. The fraction of sp³-hybridized carbons (Fsp3) is 0.455. The van der Waals surface area contributed by atoms with Crippen LogP contribution in [-0.4, -0.2) is 49.9 Å². The van der Waals surface area contributed by atoms with Gasteiger partial charge in [-0.25, -0.2) is 4.39 Å². The van der Waals surface area contributed by atoms with Crippen LogP contribution < -0.4 is 14.4 Å². The summed E-state index contributed by atoms with van der Waals surface area (Å²) in [5.74, 6) is 1.54. The molecule has 1 N–H and O–H groups in total. The lowest BCUT2D eigenvalue weighted by Crippen LogP contribution is -2.33. The van der Waals surface area contributed by atoms with Crippen molar-refractivity contribution in [2.45, 2.75) is 57.9 Å². The fourth-order valence-electron chi connectivity index (χ4n) is 6.09. The first-order valence-corrected chi connectivity index (χ1v) is 14.4. The molecule has 1 aliphatic heterocycles. The summed E-state index contributed by atoms with van der Waals surface area (Å²) >= 11 is 0. The summed E-state index contributed by atoms with van der Waals surface area (Å²) in [6.07, 6.45) is 6.68. The van der Waals surface area contributed by atoms with Crippen LogP contribution in [0.3, 0.4) is 0 Å². The quantitative estimate of drug-likeness (QED) is 0.315. The second-order valence-corrected chi connectivity index (χ2v) is 10.8. The molecule has 0 unspecified atom stereocenters. The number of hydrogen-bond donors (Lipinski definition) is 1. The SMILES string of the molecule is CCN(Cc1ccc(OCCN2CCCCC2)c(F)c1)c1cc(OC)ccc1[C@H]1CCc2cc(O)ccc2C1. The Hall–Kier alpha value is -3.25. The van der Waals surface area contributed by atoms with E-state index in [0.717, 1.165) is 62.4 Å². The van der Waals surface area contributed by atoms with E-state index in [2.05, 4.69) is 34.9 Å². The molecule has 3 aromatic rings. The van der Waals surface area contributed by atoms with Crippen LogP contribution in [0, 0.1) is 5.82 Å². The highest BCUT2D eigenvalue weighted by Crippen LogP contribution is 2.40. The van der Waals surface area contributed by atoms with E-state index in [-0.39, 0.29) is 5.82 Å². The number of phenols is 1. The first kappa shape index (κ1) is 27.3. The van der Waals surface area contributed by atoms with Crippen molar-refractivity contribution in [3.63, 3.8) is 0 Å². The molecule has 0 spiro atoms. The minimum absolute atomic E-state index is 0.305. The van der Waals surface area contributed by atoms with Crippen molar-refractivity contribution in [1.29, 1.82) is 0 Å². The van der Waals surface area contributed by atoms with Crippen LogP contribution in [0.15, 0.2) is 54.6 Å². The van der Waals surface area contributed by atoms with Crippen LogP contribution in [0.2, 0.25) is 0 Å². The van der Waals surface area contributed by atoms with Crippen molar-refractivity contribution in [1.82, 2.24) is 4.90 Å². The van der Waals surface area contributed by atoms with Gasteiger partial charge in [-0.05, 0) is 111 Å². The van der Waals surface area contributed by atoms with Crippen LogP contribution in [-0.2, 0) is 19.4 Å². The number of ether oxygens (including phenoxy) is 2. The molecule has 0 radical (unpaired) electrons. The van der Waals surface area contributed by atoms with Crippen LogP contribution >= 0.6 is 0 Å². The minimum Gasteiger partial charge on any atom is -0.508 e. The van der Waals surface area contributed by atoms with Gasteiger partial charge >= 0.3 is 0 Å². The number of likely N-dealkylation sites (tertiary alicyclic amines) is 1. The van der Waals surface area contributed by atoms with Crippen LogP contribution in [0.1, 0.15) is 60.8 Å². The van der Waals surface area contributed by atoms with Gasteiger partial charge in [0.1, 0.15) is 18.1 Å². The molecule has 1 aliphatic carbocycles. The van der Waals surface area contributed by atoms with Crippen molar-refractivity contribution in [3.8, 4) is 17.2 Å². The molecule has 0 aromatic heterocycles. The minimum atomic E-state index is -0.305. The van der Waals surface area contributed by atoms with Gasteiger partial charge in [0, 0.05) is 31.4 Å². The topological polar surface area (TPSA) is 45.2 Å². The van der Waals surface area contributed by atoms with Crippen molar-refractivity contribution in [2.75, 3.05) is 44.8 Å². The van der Waals surface area contributed by atoms with Crippen molar-refractivity contribution in [2.24, 2.45) is 0 Å². The average Bonchev–Trinajstić information content (AvgIpc) is 2.97. The number of aromatic hydroxyl groups is 1. The number of rotatable bonds is 10.